The van der Waals surface area contributed by atoms with Gasteiger partial charge in [0.15, 0.2) is 5.96 Å². The lowest BCUT2D eigenvalue weighted by Crippen LogP contribution is -2.44. The van der Waals surface area contributed by atoms with Gasteiger partial charge < -0.3 is 20.1 Å². The highest BCUT2D eigenvalue weighted by molar-refractivity contribution is 7.11. The molecule has 0 bridgehead atoms. The van der Waals surface area contributed by atoms with Crippen molar-refractivity contribution in [3.05, 3.63) is 16.1 Å². The quantitative estimate of drug-likeness (QED) is 0.590. The minimum atomic E-state index is 0.191. The van der Waals surface area contributed by atoms with Crippen LogP contribution in [0.4, 0.5) is 0 Å². The molecule has 1 aromatic heterocycles. The number of ether oxygens (including phenoxy) is 2. The molecule has 1 aliphatic heterocycles. The Morgan fingerprint density at radius 1 is 1.64 bits per heavy atom. The number of hydrogen-bond acceptors (Lipinski definition) is 5. The second-order valence-corrected chi connectivity index (χ2v) is 6.74. The number of nitrogens with one attached hydrogen (secondary N) is 2. The first kappa shape index (κ1) is 17.2. The summed E-state index contributed by atoms with van der Waals surface area (Å²) in [4.78, 5) is 10.1. The average molecular weight is 326 g/mol. The number of thiazole rings is 1. The number of guanidine groups is 1. The molecule has 124 valence electrons. The summed E-state index contributed by atoms with van der Waals surface area (Å²) < 4.78 is 11.1. The van der Waals surface area contributed by atoms with Gasteiger partial charge in [-0.3, -0.25) is 0 Å². The van der Waals surface area contributed by atoms with Crippen molar-refractivity contribution >= 4 is 17.3 Å². The van der Waals surface area contributed by atoms with E-state index >= 15 is 0 Å². The molecule has 6 nitrogen and oxygen atoms in total. The van der Waals surface area contributed by atoms with Gasteiger partial charge >= 0.3 is 0 Å². The Balaban J connectivity index is 1.78. The molecule has 0 saturated carbocycles. The summed E-state index contributed by atoms with van der Waals surface area (Å²) in [6.45, 7) is 9.80. The van der Waals surface area contributed by atoms with Crippen LogP contribution in [-0.2, 0) is 16.0 Å². The Kier molecular flexibility index (Phi) is 7.08. The van der Waals surface area contributed by atoms with Crippen molar-refractivity contribution in [2.24, 2.45) is 4.99 Å². The van der Waals surface area contributed by atoms with E-state index in [4.69, 9.17) is 9.47 Å². The largest absolute Gasteiger partial charge is 0.379 e. The molecule has 0 aliphatic carbocycles. The molecule has 1 aliphatic rings. The summed E-state index contributed by atoms with van der Waals surface area (Å²) in [6.07, 6.45) is 3.11. The maximum absolute atomic E-state index is 5.83. The van der Waals surface area contributed by atoms with Crippen LogP contribution >= 0.6 is 11.3 Å². The molecule has 2 rings (SSSR count). The summed E-state index contributed by atoms with van der Waals surface area (Å²) in [6, 6.07) is 0.191. The van der Waals surface area contributed by atoms with Crippen molar-refractivity contribution in [3.8, 4) is 0 Å². The van der Waals surface area contributed by atoms with Gasteiger partial charge in [0, 0.05) is 30.3 Å². The van der Waals surface area contributed by atoms with Crippen LogP contribution in [0.3, 0.4) is 0 Å². The van der Waals surface area contributed by atoms with Crippen molar-refractivity contribution in [2.75, 3.05) is 26.4 Å². The van der Waals surface area contributed by atoms with Crippen molar-refractivity contribution in [1.29, 1.82) is 0 Å². The molecule has 1 aromatic rings. The maximum atomic E-state index is 5.83. The predicted molar refractivity (Wildman–Crippen MR) is 89.4 cm³/mol. The van der Waals surface area contributed by atoms with Crippen molar-refractivity contribution in [1.82, 2.24) is 15.6 Å². The van der Waals surface area contributed by atoms with Gasteiger partial charge in [-0.1, -0.05) is 0 Å². The van der Waals surface area contributed by atoms with E-state index in [1.54, 1.807) is 11.3 Å². The summed E-state index contributed by atoms with van der Waals surface area (Å²) in [5.41, 5.74) is 0. The zero-order valence-electron chi connectivity index (χ0n) is 13.6. The Bertz CT molecular complexity index is 472. The molecule has 7 heteroatoms. The van der Waals surface area contributed by atoms with E-state index in [9.17, 15) is 0 Å². The molecule has 2 N–H and O–H groups in total. The van der Waals surface area contributed by atoms with E-state index in [0.717, 1.165) is 30.5 Å². The van der Waals surface area contributed by atoms with E-state index in [1.165, 1.54) is 4.88 Å². The predicted octanol–water partition coefficient (Wildman–Crippen LogP) is 1.70. The molecular weight excluding hydrogens is 300 g/mol. The van der Waals surface area contributed by atoms with Crippen LogP contribution < -0.4 is 10.6 Å². The van der Waals surface area contributed by atoms with E-state index in [-0.39, 0.29) is 12.1 Å². The van der Waals surface area contributed by atoms with Gasteiger partial charge in [0.05, 0.1) is 25.9 Å². The number of nitrogens with zero attached hydrogens (tertiary/aromatic N) is 2. The lowest BCUT2D eigenvalue weighted by atomic mass is 10.3. The number of aromatic nitrogens is 1. The minimum Gasteiger partial charge on any atom is -0.379 e. The fourth-order valence-corrected chi connectivity index (χ4v) is 2.85. The highest BCUT2D eigenvalue weighted by Crippen LogP contribution is 2.12. The van der Waals surface area contributed by atoms with E-state index in [2.05, 4.69) is 41.4 Å². The van der Waals surface area contributed by atoms with Crippen LogP contribution in [-0.4, -0.2) is 49.5 Å². The van der Waals surface area contributed by atoms with Crippen molar-refractivity contribution in [3.63, 3.8) is 0 Å². The van der Waals surface area contributed by atoms with E-state index < -0.39 is 0 Å². The average Bonchev–Trinajstić information content (AvgIpc) is 3.14. The lowest BCUT2D eigenvalue weighted by Gasteiger charge is -2.19. The monoisotopic (exact) mass is 326 g/mol. The minimum absolute atomic E-state index is 0.191. The summed E-state index contributed by atoms with van der Waals surface area (Å²) in [5, 5.41) is 7.65. The maximum Gasteiger partial charge on any atom is 0.191 e. The fraction of sp³-hybridized carbons (Fsp3) is 0.733. The normalized spacial score (nSPS) is 20.1. The molecule has 0 spiro atoms. The molecule has 1 saturated heterocycles. The van der Waals surface area contributed by atoms with Crippen LogP contribution in [0, 0.1) is 6.92 Å². The standard InChI is InChI=1S/C15H26N4O2S/c1-4-16-15(18-8-14-17-7-12(3)22-14)19-11(2)9-21-13-5-6-20-10-13/h7,11,13H,4-6,8-10H2,1-3H3,(H2,16,18,19). The third kappa shape index (κ3) is 5.90. The molecule has 0 radical (unpaired) electrons. The third-order valence-corrected chi connectivity index (χ3v) is 4.14. The fourth-order valence-electron chi connectivity index (χ4n) is 2.14. The summed E-state index contributed by atoms with van der Waals surface area (Å²) in [5.74, 6) is 0.800. The smallest absolute Gasteiger partial charge is 0.191 e. The molecule has 2 atom stereocenters. The van der Waals surface area contributed by atoms with Gasteiger partial charge in [-0.25, -0.2) is 9.98 Å². The zero-order chi connectivity index (χ0) is 15.8. The van der Waals surface area contributed by atoms with Crippen LogP contribution in [0.2, 0.25) is 0 Å². The number of hydrogen-bond donors (Lipinski definition) is 2. The molecule has 1 fully saturated rings. The molecular formula is C15H26N4O2S. The van der Waals surface area contributed by atoms with E-state index in [1.807, 2.05) is 6.20 Å². The van der Waals surface area contributed by atoms with Crippen molar-refractivity contribution < 1.29 is 9.47 Å². The van der Waals surface area contributed by atoms with Gasteiger partial charge in [0.1, 0.15) is 5.01 Å². The Morgan fingerprint density at radius 2 is 2.50 bits per heavy atom. The van der Waals surface area contributed by atoms with Gasteiger partial charge in [-0.05, 0) is 27.2 Å². The third-order valence-electron chi connectivity index (χ3n) is 3.24. The van der Waals surface area contributed by atoms with Gasteiger partial charge in [0.2, 0.25) is 0 Å². The second kappa shape index (κ2) is 9.07. The number of rotatable bonds is 7. The summed E-state index contributed by atoms with van der Waals surface area (Å²) in [7, 11) is 0. The molecule has 2 unspecified atom stereocenters. The lowest BCUT2D eigenvalue weighted by molar-refractivity contribution is 0.0347. The van der Waals surface area contributed by atoms with Crippen molar-refractivity contribution in [2.45, 2.75) is 45.9 Å². The SMILES string of the molecule is CCNC(=NCc1ncc(C)s1)NC(C)COC1CCOC1. The molecule has 0 amide bonds. The molecule has 22 heavy (non-hydrogen) atoms. The van der Waals surface area contributed by atoms with Crippen LogP contribution in [0.25, 0.3) is 0 Å². The summed E-state index contributed by atoms with van der Waals surface area (Å²) >= 11 is 1.68. The van der Waals surface area contributed by atoms with Gasteiger partial charge in [0.25, 0.3) is 0 Å². The highest BCUT2D eigenvalue weighted by atomic mass is 32.1. The van der Waals surface area contributed by atoms with Gasteiger partial charge in [-0.2, -0.15) is 0 Å². The van der Waals surface area contributed by atoms with E-state index in [0.29, 0.717) is 19.8 Å². The first-order valence-electron chi connectivity index (χ1n) is 7.83. The first-order chi connectivity index (χ1) is 10.7. The van der Waals surface area contributed by atoms with Crippen LogP contribution in [0.1, 0.15) is 30.2 Å². The van der Waals surface area contributed by atoms with Crippen LogP contribution in [0.15, 0.2) is 11.2 Å². The Hall–Kier alpha value is -1.18. The Labute approximate surface area is 136 Å². The zero-order valence-corrected chi connectivity index (χ0v) is 14.4. The number of aliphatic imine (C=N–C) groups is 1. The van der Waals surface area contributed by atoms with Gasteiger partial charge in [-0.15, -0.1) is 11.3 Å². The second-order valence-electron chi connectivity index (χ2n) is 5.42. The topological polar surface area (TPSA) is 67.8 Å². The number of aryl methyl sites for hydroxylation is 1. The first-order valence-corrected chi connectivity index (χ1v) is 8.64. The molecule has 2 heterocycles. The molecule has 0 aromatic carbocycles. The Morgan fingerprint density at radius 3 is 3.14 bits per heavy atom. The van der Waals surface area contributed by atoms with Crippen LogP contribution in [0.5, 0.6) is 0 Å². The highest BCUT2D eigenvalue weighted by Gasteiger charge is 2.17.